The van der Waals surface area contributed by atoms with Gasteiger partial charge in [-0.2, -0.15) is 0 Å². The van der Waals surface area contributed by atoms with E-state index in [-0.39, 0.29) is 0 Å². The zero-order chi connectivity index (χ0) is 13.7. The van der Waals surface area contributed by atoms with Gasteiger partial charge in [-0.3, -0.25) is 0 Å². The van der Waals surface area contributed by atoms with E-state index < -0.39 is 0 Å². The van der Waals surface area contributed by atoms with Gasteiger partial charge in [0.25, 0.3) is 0 Å². The molecule has 1 aromatic heterocycles. The van der Waals surface area contributed by atoms with Gasteiger partial charge < -0.3 is 10.6 Å². The number of aromatic nitrogens is 1. The topological polar surface area (TPSA) is 37.0 Å². The molecule has 108 valence electrons. The van der Waals surface area contributed by atoms with Crippen LogP contribution in [0.4, 0.5) is 0 Å². The molecule has 3 nitrogen and oxygen atoms in total. The van der Waals surface area contributed by atoms with Crippen molar-refractivity contribution in [2.45, 2.75) is 46.1 Å². The van der Waals surface area contributed by atoms with Crippen LogP contribution in [0, 0.1) is 18.8 Å². The molecule has 0 spiro atoms. The minimum absolute atomic E-state index is 0.385. The third kappa shape index (κ3) is 4.55. The van der Waals surface area contributed by atoms with Gasteiger partial charge in [-0.05, 0) is 64.6 Å². The van der Waals surface area contributed by atoms with Gasteiger partial charge in [0.2, 0.25) is 0 Å². The summed E-state index contributed by atoms with van der Waals surface area (Å²) in [6.45, 7) is 10.2. The molecule has 1 aliphatic heterocycles. The summed E-state index contributed by atoms with van der Waals surface area (Å²) in [6.07, 6.45) is 5.97. The second-order valence-corrected chi connectivity index (χ2v) is 7.12. The van der Waals surface area contributed by atoms with Crippen molar-refractivity contribution < 1.29 is 0 Å². The first-order valence-corrected chi connectivity index (χ1v) is 8.35. The van der Waals surface area contributed by atoms with Gasteiger partial charge in [-0.1, -0.05) is 6.92 Å². The van der Waals surface area contributed by atoms with E-state index in [0.29, 0.717) is 6.04 Å². The number of nitrogens with one attached hydrogen (secondary N) is 2. The van der Waals surface area contributed by atoms with Crippen LogP contribution < -0.4 is 10.6 Å². The van der Waals surface area contributed by atoms with E-state index in [1.54, 1.807) is 11.3 Å². The van der Waals surface area contributed by atoms with Crippen molar-refractivity contribution in [3.05, 3.63) is 16.1 Å². The summed E-state index contributed by atoms with van der Waals surface area (Å²) in [4.78, 5) is 5.75. The Morgan fingerprint density at radius 3 is 3.00 bits per heavy atom. The summed E-state index contributed by atoms with van der Waals surface area (Å²) < 4.78 is 0. The van der Waals surface area contributed by atoms with E-state index in [1.165, 1.54) is 42.2 Å². The van der Waals surface area contributed by atoms with Crippen LogP contribution in [0.2, 0.25) is 0 Å². The Hall–Kier alpha value is -0.450. The van der Waals surface area contributed by atoms with Crippen molar-refractivity contribution in [3.63, 3.8) is 0 Å². The molecule has 1 saturated heterocycles. The Bertz CT molecular complexity index is 371. The molecular formula is C15H27N3S. The molecule has 0 aromatic carbocycles. The molecule has 3 unspecified atom stereocenters. The fourth-order valence-electron chi connectivity index (χ4n) is 2.79. The SMILES string of the molecule is Cc1cnc(C(C)NCCC(C)C2CCCNC2)s1. The van der Waals surface area contributed by atoms with E-state index in [0.717, 1.165) is 18.4 Å². The Morgan fingerprint density at radius 1 is 1.53 bits per heavy atom. The minimum Gasteiger partial charge on any atom is -0.316 e. The van der Waals surface area contributed by atoms with Crippen molar-refractivity contribution in [2.24, 2.45) is 11.8 Å². The van der Waals surface area contributed by atoms with Gasteiger partial charge in [0.05, 0.1) is 6.04 Å². The van der Waals surface area contributed by atoms with E-state index in [2.05, 4.69) is 36.4 Å². The lowest BCUT2D eigenvalue weighted by Crippen LogP contribution is -2.34. The Labute approximate surface area is 121 Å². The van der Waals surface area contributed by atoms with E-state index in [9.17, 15) is 0 Å². The predicted molar refractivity (Wildman–Crippen MR) is 82.6 cm³/mol. The first kappa shape index (κ1) is 14.9. The standard InChI is InChI=1S/C15H27N3S/c1-11(14-5-4-7-16-10-14)6-8-17-13(3)15-18-9-12(2)19-15/h9,11,13-14,16-17H,4-8,10H2,1-3H3. The molecule has 4 heteroatoms. The minimum atomic E-state index is 0.385. The normalized spacial score (nSPS) is 23.2. The number of nitrogens with zero attached hydrogens (tertiary/aromatic N) is 1. The molecule has 19 heavy (non-hydrogen) atoms. The molecule has 2 N–H and O–H groups in total. The zero-order valence-corrected chi connectivity index (χ0v) is 13.2. The molecule has 1 aromatic rings. The van der Waals surface area contributed by atoms with Gasteiger partial charge in [0, 0.05) is 11.1 Å². The van der Waals surface area contributed by atoms with Gasteiger partial charge in [-0.25, -0.2) is 4.98 Å². The highest BCUT2D eigenvalue weighted by atomic mass is 32.1. The van der Waals surface area contributed by atoms with Crippen LogP contribution >= 0.6 is 11.3 Å². The lowest BCUT2D eigenvalue weighted by atomic mass is 9.85. The second-order valence-electron chi connectivity index (χ2n) is 5.86. The summed E-state index contributed by atoms with van der Waals surface area (Å²) in [5.74, 6) is 1.68. The largest absolute Gasteiger partial charge is 0.316 e. The van der Waals surface area contributed by atoms with Crippen molar-refractivity contribution in [3.8, 4) is 0 Å². The van der Waals surface area contributed by atoms with Crippen molar-refractivity contribution in [2.75, 3.05) is 19.6 Å². The average Bonchev–Trinajstić information content (AvgIpc) is 2.86. The molecule has 2 heterocycles. The molecule has 0 radical (unpaired) electrons. The van der Waals surface area contributed by atoms with Gasteiger partial charge in [-0.15, -0.1) is 11.3 Å². The molecule has 1 fully saturated rings. The van der Waals surface area contributed by atoms with Crippen molar-refractivity contribution >= 4 is 11.3 Å². The Morgan fingerprint density at radius 2 is 2.37 bits per heavy atom. The Balaban J connectivity index is 1.68. The lowest BCUT2D eigenvalue weighted by molar-refractivity contribution is 0.264. The van der Waals surface area contributed by atoms with Crippen LogP contribution in [0.1, 0.15) is 49.0 Å². The predicted octanol–water partition coefficient (Wildman–Crippen LogP) is 3.13. The van der Waals surface area contributed by atoms with Crippen LogP contribution in [-0.2, 0) is 0 Å². The van der Waals surface area contributed by atoms with Crippen LogP contribution in [0.5, 0.6) is 0 Å². The Kier molecular flexibility index (Phi) is 5.79. The lowest BCUT2D eigenvalue weighted by Gasteiger charge is -2.28. The molecule has 2 rings (SSSR count). The second kappa shape index (κ2) is 7.36. The van der Waals surface area contributed by atoms with E-state index in [1.807, 2.05) is 6.20 Å². The van der Waals surface area contributed by atoms with Crippen LogP contribution in [-0.4, -0.2) is 24.6 Å². The van der Waals surface area contributed by atoms with Crippen LogP contribution in [0.25, 0.3) is 0 Å². The molecule has 0 aliphatic carbocycles. The van der Waals surface area contributed by atoms with Crippen LogP contribution in [0.3, 0.4) is 0 Å². The van der Waals surface area contributed by atoms with Crippen molar-refractivity contribution in [1.29, 1.82) is 0 Å². The van der Waals surface area contributed by atoms with Gasteiger partial charge in [0.15, 0.2) is 0 Å². The summed E-state index contributed by atoms with van der Waals surface area (Å²) in [5, 5.41) is 8.34. The monoisotopic (exact) mass is 281 g/mol. The first-order valence-electron chi connectivity index (χ1n) is 7.53. The summed E-state index contributed by atoms with van der Waals surface area (Å²) in [7, 11) is 0. The molecule has 1 aliphatic rings. The summed E-state index contributed by atoms with van der Waals surface area (Å²) in [6, 6.07) is 0.385. The highest BCUT2D eigenvalue weighted by molar-refractivity contribution is 7.11. The van der Waals surface area contributed by atoms with Gasteiger partial charge >= 0.3 is 0 Å². The number of rotatable bonds is 6. The summed E-state index contributed by atoms with van der Waals surface area (Å²) >= 11 is 1.80. The smallest absolute Gasteiger partial charge is 0.109 e. The number of thiazole rings is 1. The highest BCUT2D eigenvalue weighted by Crippen LogP contribution is 2.23. The number of hydrogen-bond donors (Lipinski definition) is 2. The molecule has 0 amide bonds. The maximum absolute atomic E-state index is 4.45. The van der Waals surface area contributed by atoms with Crippen LogP contribution in [0.15, 0.2) is 6.20 Å². The van der Waals surface area contributed by atoms with E-state index >= 15 is 0 Å². The molecular weight excluding hydrogens is 254 g/mol. The number of aryl methyl sites for hydroxylation is 1. The maximum Gasteiger partial charge on any atom is 0.109 e. The number of hydrogen-bond acceptors (Lipinski definition) is 4. The molecule has 0 bridgehead atoms. The third-order valence-corrected chi connectivity index (χ3v) is 5.29. The van der Waals surface area contributed by atoms with E-state index in [4.69, 9.17) is 0 Å². The van der Waals surface area contributed by atoms with Gasteiger partial charge in [0.1, 0.15) is 5.01 Å². The highest BCUT2D eigenvalue weighted by Gasteiger charge is 2.19. The fourth-order valence-corrected chi connectivity index (χ4v) is 3.59. The maximum atomic E-state index is 4.45. The zero-order valence-electron chi connectivity index (χ0n) is 12.4. The van der Waals surface area contributed by atoms with Crippen molar-refractivity contribution in [1.82, 2.24) is 15.6 Å². The first-order chi connectivity index (χ1) is 9.16. The summed E-state index contributed by atoms with van der Waals surface area (Å²) in [5.41, 5.74) is 0. The quantitative estimate of drug-likeness (QED) is 0.841. The fraction of sp³-hybridized carbons (Fsp3) is 0.800. The number of piperidine rings is 1. The molecule has 0 saturated carbocycles. The third-order valence-electron chi connectivity index (χ3n) is 4.20. The average molecular weight is 281 g/mol. The molecule has 3 atom stereocenters.